The maximum atomic E-state index is 12.7. The molecule has 1 aromatic heterocycles. The normalized spacial score (nSPS) is 17.0. The molecule has 0 spiro atoms. The van der Waals surface area contributed by atoms with Gasteiger partial charge >= 0.3 is 6.18 Å². The number of amides is 2. The molecule has 1 atom stereocenters. The van der Waals surface area contributed by atoms with Crippen molar-refractivity contribution in [3.8, 4) is 0 Å². The molecule has 150 valence electrons. The molecule has 1 aliphatic rings. The molecule has 0 saturated carbocycles. The van der Waals surface area contributed by atoms with Crippen LogP contribution in [0.3, 0.4) is 0 Å². The first-order valence-corrected chi connectivity index (χ1v) is 9.72. The summed E-state index contributed by atoms with van der Waals surface area (Å²) >= 11 is 1.47. The lowest BCUT2D eigenvalue weighted by molar-refractivity contribution is -0.142. The lowest BCUT2D eigenvalue weighted by Crippen LogP contribution is -2.48. The Kier molecular flexibility index (Phi) is 6.02. The number of carbonyl (C=O) groups excluding carboxylic acids is 2. The summed E-state index contributed by atoms with van der Waals surface area (Å²) in [6, 6.07) is 7.42. The minimum atomic E-state index is -4.41. The second kappa shape index (κ2) is 8.30. The summed E-state index contributed by atoms with van der Waals surface area (Å²) < 4.78 is 43.2. The first kappa shape index (κ1) is 20.3. The van der Waals surface area contributed by atoms with Gasteiger partial charge in [0, 0.05) is 12.8 Å². The highest BCUT2D eigenvalue weighted by molar-refractivity contribution is 7.99. The van der Waals surface area contributed by atoms with Crippen molar-refractivity contribution in [3.63, 3.8) is 0 Å². The number of nitrogens with zero attached hydrogens (tertiary/aromatic N) is 2. The van der Waals surface area contributed by atoms with E-state index in [1.165, 1.54) is 40.0 Å². The number of furan rings is 1. The topological polar surface area (TPSA) is 53.8 Å². The molecule has 9 heteroatoms. The summed E-state index contributed by atoms with van der Waals surface area (Å²) in [6.07, 6.45) is -2.94. The monoisotopic (exact) mass is 412 g/mol. The van der Waals surface area contributed by atoms with Gasteiger partial charge in [-0.15, -0.1) is 11.8 Å². The first-order chi connectivity index (χ1) is 13.3. The zero-order valence-corrected chi connectivity index (χ0v) is 15.9. The van der Waals surface area contributed by atoms with Gasteiger partial charge < -0.3 is 14.2 Å². The van der Waals surface area contributed by atoms with E-state index in [0.717, 1.165) is 12.1 Å². The zero-order chi connectivity index (χ0) is 20.3. The quantitative estimate of drug-likeness (QED) is 0.756. The van der Waals surface area contributed by atoms with Gasteiger partial charge in [-0.25, -0.2) is 0 Å². The van der Waals surface area contributed by atoms with Gasteiger partial charge in [0.2, 0.25) is 11.8 Å². The fourth-order valence-electron chi connectivity index (χ4n) is 2.95. The van der Waals surface area contributed by atoms with Crippen LogP contribution >= 0.6 is 11.8 Å². The van der Waals surface area contributed by atoms with E-state index >= 15 is 0 Å². The van der Waals surface area contributed by atoms with Crippen molar-refractivity contribution in [1.82, 2.24) is 9.80 Å². The van der Waals surface area contributed by atoms with Crippen LogP contribution in [0.5, 0.6) is 0 Å². The fraction of sp³-hybridized carbons (Fsp3) is 0.368. The van der Waals surface area contributed by atoms with E-state index in [4.69, 9.17) is 4.42 Å². The number of benzene rings is 1. The number of hydrogen-bond acceptors (Lipinski definition) is 4. The van der Waals surface area contributed by atoms with Crippen molar-refractivity contribution in [2.24, 2.45) is 0 Å². The Balaban J connectivity index is 1.63. The van der Waals surface area contributed by atoms with Crippen LogP contribution in [0.25, 0.3) is 0 Å². The molecule has 5 nitrogen and oxygen atoms in total. The summed E-state index contributed by atoms with van der Waals surface area (Å²) in [5.74, 6) is 1.03. The van der Waals surface area contributed by atoms with Crippen LogP contribution in [0, 0.1) is 0 Å². The van der Waals surface area contributed by atoms with E-state index in [1.807, 2.05) is 0 Å². The van der Waals surface area contributed by atoms with Crippen LogP contribution in [0.2, 0.25) is 0 Å². The standard InChI is InChI=1S/C19H19F3N2O3S/c1-23(10-15-3-2-8-27-15)18(26)16-11-28-12-24(16)17(25)9-13-4-6-14(7-5-13)19(20,21)22/h2-8,16H,9-12H2,1H3/t16-/m0/s1. The molecule has 1 aliphatic heterocycles. The Bertz CT molecular complexity index is 822. The van der Waals surface area contributed by atoms with E-state index in [9.17, 15) is 22.8 Å². The maximum absolute atomic E-state index is 12.7. The van der Waals surface area contributed by atoms with E-state index < -0.39 is 17.8 Å². The van der Waals surface area contributed by atoms with Crippen LogP contribution in [0.4, 0.5) is 13.2 Å². The van der Waals surface area contributed by atoms with Gasteiger partial charge in [0.25, 0.3) is 0 Å². The highest BCUT2D eigenvalue weighted by atomic mass is 32.2. The SMILES string of the molecule is CN(Cc1ccco1)C(=O)[C@@H]1CSCN1C(=O)Cc1ccc(C(F)(F)F)cc1. The second-order valence-corrected chi connectivity index (χ2v) is 7.52. The predicted octanol–water partition coefficient (Wildman–Crippen LogP) is 3.40. The molecule has 0 unspecified atom stereocenters. The number of alkyl halides is 3. The smallest absolute Gasteiger partial charge is 0.416 e. The highest BCUT2D eigenvalue weighted by Gasteiger charge is 2.36. The molecule has 0 aliphatic carbocycles. The third-order valence-corrected chi connectivity index (χ3v) is 5.49. The lowest BCUT2D eigenvalue weighted by Gasteiger charge is -2.27. The number of thioether (sulfide) groups is 1. The molecule has 0 bridgehead atoms. The van der Waals surface area contributed by atoms with Gasteiger partial charge in [-0.05, 0) is 29.8 Å². The highest BCUT2D eigenvalue weighted by Crippen LogP contribution is 2.29. The number of likely N-dealkylation sites (N-methyl/N-ethyl adjacent to an activating group) is 1. The number of halogens is 3. The largest absolute Gasteiger partial charge is 0.467 e. The van der Waals surface area contributed by atoms with Crippen molar-refractivity contribution >= 4 is 23.6 Å². The Hall–Kier alpha value is -2.42. The van der Waals surface area contributed by atoms with E-state index in [0.29, 0.717) is 29.5 Å². The van der Waals surface area contributed by atoms with Gasteiger partial charge in [0.1, 0.15) is 11.8 Å². The van der Waals surface area contributed by atoms with E-state index in [-0.39, 0.29) is 18.2 Å². The van der Waals surface area contributed by atoms with E-state index in [2.05, 4.69) is 0 Å². The summed E-state index contributed by atoms with van der Waals surface area (Å²) in [7, 11) is 1.65. The van der Waals surface area contributed by atoms with Crippen LogP contribution < -0.4 is 0 Å². The molecule has 1 aromatic carbocycles. The number of hydrogen-bond donors (Lipinski definition) is 0. The van der Waals surface area contributed by atoms with Crippen molar-refractivity contribution < 1.29 is 27.2 Å². The first-order valence-electron chi connectivity index (χ1n) is 8.56. The second-order valence-electron chi connectivity index (χ2n) is 6.52. The van der Waals surface area contributed by atoms with Gasteiger partial charge in [0.15, 0.2) is 0 Å². The third kappa shape index (κ3) is 4.70. The Morgan fingerprint density at radius 1 is 1.25 bits per heavy atom. The van der Waals surface area contributed by atoms with Gasteiger partial charge in [-0.1, -0.05) is 12.1 Å². The third-order valence-electron chi connectivity index (χ3n) is 4.47. The predicted molar refractivity (Wildman–Crippen MR) is 98.3 cm³/mol. The summed E-state index contributed by atoms with van der Waals surface area (Å²) in [5.41, 5.74) is -0.280. The molecule has 2 aromatic rings. The summed E-state index contributed by atoms with van der Waals surface area (Å²) in [6.45, 7) is 0.300. The van der Waals surface area contributed by atoms with Crippen LogP contribution in [0.15, 0.2) is 47.1 Å². The van der Waals surface area contributed by atoms with Crippen molar-refractivity contribution in [3.05, 3.63) is 59.5 Å². The van der Waals surface area contributed by atoms with Crippen molar-refractivity contribution in [1.29, 1.82) is 0 Å². The van der Waals surface area contributed by atoms with Gasteiger partial charge in [-0.2, -0.15) is 13.2 Å². The molecule has 2 heterocycles. The molecule has 28 heavy (non-hydrogen) atoms. The molecule has 0 radical (unpaired) electrons. The molecule has 2 amide bonds. The Labute approximate surface area is 164 Å². The fourth-order valence-corrected chi connectivity index (χ4v) is 4.12. The summed E-state index contributed by atoms with van der Waals surface area (Å²) in [5, 5.41) is 0. The van der Waals surface area contributed by atoms with Gasteiger partial charge in [0.05, 0.1) is 30.7 Å². The number of rotatable bonds is 5. The maximum Gasteiger partial charge on any atom is 0.416 e. The Morgan fingerprint density at radius 2 is 1.96 bits per heavy atom. The molecule has 0 N–H and O–H groups in total. The number of carbonyl (C=O) groups is 2. The average molecular weight is 412 g/mol. The van der Waals surface area contributed by atoms with Crippen LogP contribution in [0.1, 0.15) is 16.9 Å². The average Bonchev–Trinajstić information content (AvgIpc) is 3.32. The van der Waals surface area contributed by atoms with E-state index in [1.54, 1.807) is 19.2 Å². The molecule has 1 fully saturated rings. The van der Waals surface area contributed by atoms with Crippen LogP contribution in [-0.2, 0) is 28.7 Å². The minimum absolute atomic E-state index is 0.0512. The molecular formula is C19H19F3N2O3S. The van der Waals surface area contributed by atoms with Crippen molar-refractivity contribution in [2.45, 2.75) is 25.2 Å². The van der Waals surface area contributed by atoms with Gasteiger partial charge in [-0.3, -0.25) is 9.59 Å². The zero-order valence-electron chi connectivity index (χ0n) is 15.1. The van der Waals surface area contributed by atoms with Crippen molar-refractivity contribution in [2.75, 3.05) is 18.7 Å². The Morgan fingerprint density at radius 3 is 2.57 bits per heavy atom. The van der Waals surface area contributed by atoms with Crippen LogP contribution in [-0.4, -0.2) is 46.3 Å². The molecule has 3 rings (SSSR count). The molecule has 1 saturated heterocycles. The lowest BCUT2D eigenvalue weighted by atomic mass is 10.1. The summed E-state index contributed by atoms with van der Waals surface area (Å²) in [4.78, 5) is 28.4. The molecular weight excluding hydrogens is 393 g/mol. The minimum Gasteiger partial charge on any atom is -0.467 e.